The summed E-state index contributed by atoms with van der Waals surface area (Å²) in [6, 6.07) is 1.01. The summed E-state index contributed by atoms with van der Waals surface area (Å²) in [6.07, 6.45) is 5.69. The zero-order valence-electron chi connectivity index (χ0n) is 14.3. The largest absolute Gasteiger partial charge is 0.502 e. The molecule has 0 unspecified atom stereocenters. The first-order valence-electron chi connectivity index (χ1n) is 8.37. The Bertz CT molecular complexity index is 767. The average molecular weight is 353 g/mol. The Balaban J connectivity index is 2.07. The topological polar surface area (TPSA) is 37.0 Å². The molecule has 1 aliphatic rings. The number of aryl methyl sites for hydroxylation is 2. The summed E-state index contributed by atoms with van der Waals surface area (Å²) < 4.78 is 30.9. The van der Waals surface area contributed by atoms with Gasteiger partial charge in [0, 0.05) is 23.7 Å². The fourth-order valence-electron chi connectivity index (χ4n) is 3.70. The molecule has 1 fully saturated rings. The van der Waals surface area contributed by atoms with Crippen LogP contribution in [0.4, 0.5) is 8.78 Å². The summed E-state index contributed by atoms with van der Waals surface area (Å²) in [5, 5.41) is 15.9. The highest BCUT2D eigenvalue weighted by molar-refractivity contribution is 7.10. The van der Waals surface area contributed by atoms with Crippen LogP contribution in [0.5, 0.6) is 5.75 Å². The van der Waals surface area contributed by atoms with Crippen LogP contribution in [0.15, 0.2) is 6.07 Å². The van der Waals surface area contributed by atoms with Crippen LogP contribution in [0.2, 0.25) is 0 Å². The van der Waals surface area contributed by atoms with E-state index in [9.17, 15) is 9.50 Å². The van der Waals surface area contributed by atoms with Gasteiger partial charge in [0.25, 0.3) is 5.01 Å². The summed E-state index contributed by atoms with van der Waals surface area (Å²) in [5.74, 6) is -1.79. The Morgan fingerprint density at radius 1 is 1.25 bits per heavy atom. The summed E-state index contributed by atoms with van der Waals surface area (Å²) in [6.45, 7) is 5.72. The molecule has 0 aliphatic heterocycles. The third-order valence-electron chi connectivity index (χ3n) is 4.98. The second kappa shape index (κ2) is 6.39. The fourth-order valence-corrected chi connectivity index (χ4v) is 4.47. The highest BCUT2D eigenvalue weighted by Crippen LogP contribution is 2.40. The van der Waals surface area contributed by atoms with Gasteiger partial charge in [-0.1, -0.05) is 26.2 Å². The zero-order valence-corrected chi connectivity index (χ0v) is 15.1. The number of hydrogen-bond donors (Lipinski definition) is 1. The van der Waals surface area contributed by atoms with Gasteiger partial charge in [0.15, 0.2) is 10.8 Å². The van der Waals surface area contributed by atoms with Crippen molar-refractivity contribution in [3.05, 3.63) is 33.3 Å². The number of aromatic hydroxyl groups is 1. The third-order valence-corrected chi connectivity index (χ3v) is 5.82. The standard InChI is InChI=1S/C18H22F2N2OS/c1-11-21-22(12(2)24-11)17-15(23)9-14(19)13(16(17)20)10-18(3)7-5-4-6-8-18/h9H,4-8,10H2,1-3H3/p+1. The van der Waals surface area contributed by atoms with Gasteiger partial charge in [-0.15, -0.1) is 0 Å². The van der Waals surface area contributed by atoms with E-state index in [0.717, 1.165) is 41.8 Å². The number of hydrogen-bond acceptors (Lipinski definition) is 3. The Hall–Kier alpha value is -1.56. The first-order valence-corrected chi connectivity index (χ1v) is 9.19. The molecule has 1 N–H and O–H groups in total. The quantitative estimate of drug-likeness (QED) is 0.823. The van der Waals surface area contributed by atoms with E-state index >= 15 is 4.39 Å². The molecule has 1 saturated carbocycles. The molecule has 3 rings (SSSR count). The fraction of sp³-hybridized carbons (Fsp3) is 0.556. The zero-order chi connectivity index (χ0) is 17.5. The van der Waals surface area contributed by atoms with Crippen LogP contribution in [-0.2, 0) is 6.42 Å². The Kier molecular flexibility index (Phi) is 4.60. The molecule has 1 aliphatic carbocycles. The first-order chi connectivity index (χ1) is 11.3. The lowest BCUT2D eigenvalue weighted by Gasteiger charge is -2.33. The van der Waals surface area contributed by atoms with Crippen molar-refractivity contribution in [1.29, 1.82) is 0 Å². The van der Waals surface area contributed by atoms with Gasteiger partial charge in [0.1, 0.15) is 5.82 Å². The van der Waals surface area contributed by atoms with E-state index in [1.807, 2.05) is 6.92 Å². The molecule has 0 amide bonds. The highest BCUT2D eigenvalue weighted by atomic mass is 32.1. The van der Waals surface area contributed by atoms with Crippen molar-refractivity contribution >= 4 is 11.3 Å². The monoisotopic (exact) mass is 353 g/mol. The molecule has 1 aromatic carbocycles. The van der Waals surface area contributed by atoms with Crippen LogP contribution in [0.3, 0.4) is 0 Å². The molecule has 2 aromatic rings. The maximum Gasteiger partial charge on any atom is 0.316 e. The SMILES string of the molecule is Cc1n[n+](-c2c(O)cc(F)c(CC3(C)CCCCC3)c2F)c(C)s1. The van der Waals surface area contributed by atoms with Crippen molar-refractivity contribution < 1.29 is 18.6 Å². The molecule has 0 spiro atoms. The maximum absolute atomic E-state index is 15.1. The minimum absolute atomic E-state index is 0.0485. The molecule has 0 radical (unpaired) electrons. The van der Waals surface area contributed by atoms with Crippen molar-refractivity contribution in [3.63, 3.8) is 0 Å². The van der Waals surface area contributed by atoms with Crippen LogP contribution in [0.25, 0.3) is 5.69 Å². The molecular formula is C18H23F2N2OS+. The molecule has 1 aromatic heterocycles. The van der Waals surface area contributed by atoms with E-state index in [4.69, 9.17) is 0 Å². The van der Waals surface area contributed by atoms with Crippen LogP contribution in [-0.4, -0.2) is 10.2 Å². The highest BCUT2D eigenvalue weighted by Gasteiger charge is 2.34. The number of rotatable bonds is 3. The number of halogens is 2. The second-order valence-corrected chi connectivity index (χ2v) is 8.50. The number of phenolic OH excluding ortho intramolecular Hbond substituents is 1. The molecular weight excluding hydrogens is 330 g/mol. The van der Waals surface area contributed by atoms with Crippen molar-refractivity contribution in [2.45, 2.75) is 59.3 Å². The predicted octanol–water partition coefficient (Wildman–Crippen LogP) is 4.53. The number of aromatic nitrogens is 2. The Morgan fingerprint density at radius 2 is 1.92 bits per heavy atom. The van der Waals surface area contributed by atoms with E-state index in [1.165, 1.54) is 22.4 Å². The summed E-state index contributed by atoms with van der Waals surface area (Å²) in [7, 11) is 0. The van der Waals surface area contributed by atoms with Crippen LogP contribution in [0.1, 0.15) is 54.6 Å². The van der Waals surface area contributed by atoms with Crippen LogP contribution in [0, 0.1) is 30.9 Å². The predicted molar refractivity (Wildman–Crippen MR) is 89.6 cm³/mol. The molecule has 3 nitrogen and oxygen atoms in total. The molecule has 24 heavy (non-hydrogen) atoms. The summed E-state index contributed by atoms with van der Waals surface area (Å²) in [4.78, 5) is 0. The van der Waals surface area contributed by atoms with Gasteiger partial charge in [0.2, 0.25) is 5.82 Å². The van der Waals surface area contributed by atoms with Gasteiger partial charge in [-0.2, -0.15) is 4.39 Å². The molecule has 6 heteroatoms. The summed E-state index contributed by atoms with van der Waals surface area (Å²) >= 11 is 1.41. The number of nitrogens with zero attached hydrogens (tertiary/aromatic N) is 2. The normalized spacial score (nSPS) is 17.2. The van der Waals surface area contributed by atoms with Crippen LogP contribution >= 0.6 is 11.3 Å². The van der Waals surface area contributed by atoms with Gasteiger partial charge in [-0.3, -0.25) is 0 Å². The molecule has 0 bridgehead atoms. The van der Waals surface area contributed by atoms with E-state index in [1.54, 1.807) is 6.92 Å². The van der Waals surface area contributed by atoms with Gasteiger partial charge in [-0.05, 0) is 47.6 Å². The van der Waals surface area contributed by atoms with Crippen LogP contribution < -0.4 is 4.68 Å². The third kappa shape index (κ3) is 3.16. The van der Waals surface area contributed by atoms with Crippen molar-refractivity contribution in [3.8, 4) is 11.4 Å². The molecule has 1 heterocycles. The maximum atomic E-state index is 15.1. The van der Waals surface area contributed by atoms with E-state index in [2.05, 4.69) is 12.0 Å². The number of benzene rings is 1. The van der Waals surface area contributed by atoms with Gasteiger partial charge >= 0.3 is 5.69 Å². The van der Waals surface area contributed by atoms with Gasteiger partial charge < -0.3 is 5.11 Å². The average Bonchev–Trinajstić information content (AvgIpc) is 2.83. The molecule has 0 saturated heterocycles. The van der Waals surface area contributed by atoms with E-state index < -0.39 is 17.4 Å². The number of phenols is 1. The minimum atomic E-state index is -0.697. The van der Waals surface area contributed by atoms with Gasteiger partial charge in [0.05, 0.1) is 0 Å². The van der Waals surface area contributed by atoms with E-state index in [0.29, 0.717) is 6.42 Å². The molecule has 0 atom stereocenters. The van der Waals surface area contributed by atoms with Gasteiger partial charge in [-0.25, -0.2) is 4.39 Å². The summed E-state index contributed by atoms with van der Waals surface area (Å²) in [5.41, 5.74) is -0.0799. The lowest BCUT2D eigenvalue weighted by atomic mass is 9.72. The minimum Gasteiger partial charge on any atom is -0.502 e. The Labute approximate surface area is 145 Å². The smallest absolute Gasteiger partial charge is 0.316 e. The van der Waals surface area contributed by atoms with Crippen molar-refractivity contribution in [2.24, 2.45) is 5.41 Å². The lowest BCUT2D eigenvalue weighted by molar-refractivity contribution is -0.662. The molecule has 130 valence electrons. The first kappa shape index (κ1) is 17.3. The van der Waals surface area contributed by atoms with Crippen molar-refractivity contribution in [1.82, 2.24) is 5.10 Å². The second-order valence-electron chi connectivity index (χ2n) is 7.12. The van der Waals surface area contributed by atoms with E-state index in [-0.39, 0.29) is 16.7 Å². The Morgan fingerprint density at radius 3 is 2.50 bits per heavy atom. The lowest BCUT2D eigenvalue weighted by Crippen LogP contribution is -2.37. The van der Waals surface area contributed by atoms with Crippen molar-refractivity contribution in [2.75, 3.05) is 0 Å².